The van der Waals surface area contributed by atoms with Gasteiger partial charge in [-0.1, -0.05) is 6.07 Å². The molecule has 106 valence electrons. The maximum absolute atomic E-state index is 12.7. The molecule has 20 heavy (non-hydrogen) atoms. The summed E-state index contributed by atoms with van der Waals surface area (Å²) in [5.41, 5.74) is 1.34. The van der Waals surface area contributed by atoms with Gasteiger partial charge < -0.3 is 4.74 Å². The molecule has 0 aliphatic rings. The molecule has 1 aromatic heterocycles. The van der Waals surface area contributed by atoms with Crippen LogP contribution >= 0.6 is 0 Å². The molecule has 0 unspecified atom stereocenters. The molecule has 0 amide bonds. The molecule has 2 aromatic rings. The Bertz CT molecular complexity index is 623. The van der Waals surface area contributed by atoms with Gasteiger partial charge in [-0.3, -0.25) is 9.36 Å². The van der Waals surface area contributed by atoms with E-state index in [1.165, 1.54) is 19.3 Å². The number of hydrogen-bond acceptors (Lipinski definition) is 3. The average Bonchev–Trinajstić information content (AvgIpc) is 2.84. The molecule has 1 heterocycles. The number of hydrogen-bond donors (Lipinski definition) is 0. The van der Waals surface area contributed by atoms with E-state index in [2.05, 4.69) is 4.98 Å². The van der Waals surface area contributed by atoms with E-state index < -0.39 is 6.55 Å². The van der Waals surface area contributed by atoms with Crippen molar-refractivity contribution >= 4 is 5.78 Å². The molecule has 0 atom stereocenters. The summed E-state index contributed by atoms with van der Waals surface area (Å²) in [7, 11) is 0. The van der Waals surface area contributed by atoms with Crippen molar-refractivity contribution in [2.45, 2.75) is 27.0 Å². The van der Waals surface area contributed by atoms with E-state index in [1.54, 1.807) is 18.2 Å². The van der Waals surface area contributed by atoms with Crippen LogP contribution in [0, 0.1) is 6.92 Å². The quantitative estimate of drug-likeness (QED) is 0.789. The number of imidazole rings is 1. The van der Waals surface area contributed by atoms with E-state index in [4.69, 9.17) is 4.74 Å². The number of carbonyl (C=O) groups excluding carboxylic acids is 1. The molecule has 0 fully saturated rings. The van der Waals surface area contributed by atoms with Gasteiger partial charge in [0.15, 0.2) is 11.6 Å². The predicted octanol–water partition coefficient (Wildman–Crippen LogP) is 3.37. The van der Waals surface area contributed by atoms with Gasteiger partial charge in [-0.05, 0) is 31.5 Å². The van der Waals surface area contributed by atoms with Crippen molar-refractivity contribution < 1.29 is 18.3 Å². The SMILES string of the molecule is CC(=O)c1ccc(C)cc1OCc1nccn1C(F)F. The van der Waals surface area contributed by atoms with Gasteiger partial charge in [0.25, 0.3) is 0 Å². The van der Waals surface area contributed by atoms with Crippen LogP contribution in [0.25, 0.3) is 0 Å². The Hall–Kier alpha value is -2.24. The van der Waals surface area contributed by atoms with Gasteiger partial charge in [0.2, 0.25) is 0 Å². The molecule has 1 aromatic carbocycles. The molecular formula is C14H14F2N2O2. The minimum atomic E-state index is -2.67. The molecule has 6 heteroatoms. The number of carbonyl (C=O) groups is 1. The van der Waals surface area contributed by atoms with Crippen molar-refractivity contribution in [3.63, 3.8) is 0 Å². The van der Waals surface area contributed by atoms with Gasteiger partial charge in [-0.2, -0.15) is 8.78 Å². The monoisotopic (exact) mass is 280 g/mol. The van der Waals surface area contributed by atoms with Crippen molar-refractivity contribution in [2.75, 3.05) is 0 Å². The number of benzene rings is 1. The molecular weight excluding hydrogens is 266 g/mol. The Balaban J connectivity index is 2.20. The van der Waals surface area contributed by atoms with E-state index in [0.29, 0.717) is 11.3 Å². The van der Waals surface area contributed by atoms with Crippen LogP contribution in [0.15, 0.2) is 30.6 Å². The van der Waals surface area contributed by atoms with Gasteiger partial charge in [-0.25, -0.2) is 4.98 Å². The lowest BCUT2D eigenvalue weighted by Gasteiger charge is -2.11. The van der Waals surface area contributed by atoms with Crippen LogP contribution in [-0.4, -0.2) is 15.3 Å². The second-order valence-corrected chi connectivity index (χ2v) is 4.37. The largest absolute Gasteiger partial charge is 0.485 e. The second-order valence-electron chi connectivity index (χ2n) is 4.37. The first-order valence-electron chi connectivity index (χ1n) is 6.03. The van der Waals surface area contributed by atoms with Gasteiger partial charge in [-0.15, -0.1) is 0 Å². The van der Waals surface area contributed by atoms with E-state index >= 15 is 0 Å². The molecule has 0 aliphatic heterocycles. The summed E-state index contributed by atoms with van der Waals surface area (Å²) >= 11 is 0. The van der Waals surface area contributed by atoms with Crippen LogP contribution in [0.2, 0.25) is 0 Å². The third-order valence-corrected chi connectivity index (χ3v) is 2.83. The summed E-state index contributed by atoms with van der Waals surface area (Å²) in [5.74, 6) is 0.342. The number of halogens is 2. The average molecular weight is 280 g/mol. The summed E-state index contributed by atoms with van der Waals surface area (Å²) in [5, 5.41) is 0. The number of aromatic nitrogens is 2. The highest BCUT2D eigenvalue weighted by Crippen LogP contribution is 2.22. The Morgan fingerprint density at radius 1 is 1.45 bits per heavy atom. The summed E-state index contributed by atoms with van der Waals surface area (Å²) in [6.07, 6.45) is 2.47. The minimum Gasteiger partial charge on any atom is -0.485 e. The second kappa shape index (κ2) is 5.81. The van der Waals surface area contributed by atoms with Gasteiger partial charge >= 0.3 is 6.55 Å². The fraction of sp³-hybridized carbons (Fsp3) is 0.286. The van der Waals surface area contributed by atoms with Crippen molar-refractivity contribution in [1.82, 2.24) is 9.55 Å². The maximum Gasteiger partial charge on any atom is 0.320 e. The summed E-state index contributed by atoms with van der Waals surface area (Å²) in [6.45, 7) is 0.496. The van der Waals surface area contributed by atoms with Crippen molar-refractivity contribution in [3.05, 3.63) is 47.5 Å². The first kappa shape index (κ1) is 14.2. The summed E-state index contributed by atoms with van der Waals surface area (Å²) in [6, 6.07) is 5.16. The molecule has 2 rings (SSSR count). The number of alkyl halides is 2. The van der Waals surface area contributed by atoms with E-state index in [-0.39, 0.29) is 18.2 Å². The highest BCUT2D eigenvalue weighted by atomic mass is 19.3. The van der Waals surface area contributed by atoms with E-state index in [0.717, 1.165) is 10.1 Å². The molecule has 0 aliphatic carbocycles. The zero-order chi connectivity index (χ0) is 14.7. The Morgan fingerprint density at radius 2 is 2.20 bits per heavy atom. The molecule has 0 saturated heterocycles. The van der Waals surface area contributed by atoms with Crippen LogP contribution in [0.5, 0.6) is 5.75 Å². The van der Waals surface area contributed by atoms with Crippen LogP contribution in [-0.2, 0) is 6.61 Å². The standard InChI is InChI=1S/C14H14F2N2O2/c1-9-3-4-11(10(2)19)12(7-9)20-8-13-17-5-6-18(13)14(15)16/h3-7,14H,8H2,1-2H3. The fourth-order valence-electron chi connectivity index (χ4n) is 1.82. The van der Waals surface area contributed by atoms with Crippen LogP contribution in [0.1, 0.15) is 35.2 Å². The molecule has 0 saturated carbocycles. The van der Waals surface area contributed by atoms with Crippen molar-refractivity contribution in [1.29, 1.82) is 0 Å². The summed E-state index contributed by atoms with van der Waals surface area (Å²) < 4.78 is 31.5. The third-order valence-electron chi connectivity index (χ3n) is 2.83. The summed E-state index contributed by atoms with van der Waals surface area (Å²) in [4.78, 5) is 15.3. The smallest absolute Gasteiger partial charge is 0.320 e. The van der Waals surface area contributed by atoms with E-state index in [1.807, 2.05) is 6.92 Å². The van der Waals surface area contributed by atoms with Crippen LogP contribution in [0.3, 0.4) is 0 Å². The number of rotatable bonds is 5. The van der Waals surface area contributed by atoms with Crippen molar-refractivity contribution in [2.24, 2.45) is 0 Å². The van der Waals surface area contributed by atoms with Crippen LogP contribution < -0.4 is 4.74 Å². The number of Topliss-reactive ketones (excluding diaryl/α,β-unsaturated/α-hetero) is 1. The van der Waals surface area contributed by atoms with Gasteiger partial charge in [0.05, 0.1) is 5.56 Å². The number of aryl methyl sites for hydroxylation is 1. The number of nitrogens with zero attached hydrogens (tertiary/aromatic N) is 2. The zero-order valence-electron chi connectivity index (χ0n) is 11.1. The van der Waals surface area contributed by atoms with Crippen molar-refractivity contribution in [3.8, 4) is 5.75 Å². The highest BCUT2D eigenvalue weighted by Gasteiger charge is 2.14. The molecule has 4 nitrogen and oxygen atoms in total. The molecule has 0 radical (unpaired) electrons. The zero-order valence-corrected chi connectivity index (χ0v) is 11.1. The number of ketones is 1. The normalized spacial score (nSPS) is 10.8. The number of ether oxygens (including phenoxy) is 1. The first-order valence-corrected chi connectivity index (χ1v) is 6.03. The third kappa shape index (κ3) is 3.01. The van der Waals surface area contributed by atoms with Crippen LogP contribution in [0.4, 0.5) is 8.78 Å². The van der Waals surface area contributed by atoms with Gasteiger partial charge in [0.1, 0.15) is 12.4 Å². The lowest BCUT2D eigenvalue weighted by Crippen LogP contribution is -2.09. The lowest BCUT2D eigenvalue weighted by atomic mass is 10.1. The Kier molecular flexibility index (Phi) is 4.12. The molecule has 0 spiro atoms. The first-order chi connectivity index (χ1) is 9.49. The lowest BCUT2D eigenvalue weighted by molar-refractivity contribution is 0.0631. The van der Waals surface area contributed by atoms with E-state index in [9.17, 15) is 13.6 Å². The highest BCUT2D eigenvalue weighted by molar-refractivity contribution is 5.96. The minimum absolute atomic E-state index is 0.107. The van der Waals surface area contributed by atoms with Gasteiger partial charge in [0, 0.05) is 12.4 Å². The topological polar surface area (TPSA) is 44.1 Å². The maximum atomic E-state index is 12.7. The Labute approximate surface area is 115 Å². The molecule has 0 N–H and O–H groups in total. The Morgan fingerprint density at radius 3 is 2.85 bits per heavy atom. The molecule has 0 bridgehead atoms. The fourth-order valence-corrected chi connectivity index (χ4v) is 1.82. The predicted molar refractivity (Wildman–Crippen MR) is 69.0 cm³/mol.